The van der Waals surface area contributed by atoms with Crippen molar-refractivity contribution in [1.82, 2.24) is 0 Å². The summed E-state index contributed by atoms with van der Waals surface area (Å²) in [6.07, 6.45) is 3.72. The zero-order valence-electron chi connectivity index (χ0n) is 16.4. The van der Waals surface area contributed by atoms with Gasteiger partial charge in [-0.2, -0.15) is 0 Å². The summed E-state index contributed by atoms with van der Waals surface area (Å²) in [5.41, 5.74) is 1.02. The minimum atomic E-state index is -1.07. The van der Waals surface area contributed by atoms with E-state index in [1.54, 1.807) is 23.1 Å². The molecule has 0 spiro atoms. The van der Waals surface area contributed by atoms with Crippen LogP contribution in [0.4, 0.5) is 10.1 Å². The van der Waals surface area contributed by atoms with Crippen molar-refractivity contribution in [2.45, 2.75) is 52.5 Å². The molecule has 2 aromatic rings. The van der Waals surface area contributed by atoms with E-state index in [-0.39, 0.29) is 28.6 Å². The van der Waals surface area contributed by atoms with Crippen LogP contribution in [0.5, 0.6) is 0 Å². The molecule has 0 atom stereocenters. The Hall–Kier alpha value is -2.21. The van der Waals surface area contributed by atoms with Crippen LogP contribution >= 0.6 is 11.3 Å². The average molecular weight is 404 g/mol. The highest BCUT2D eigenvalue weighted by Gasteiger charge is 2.33. The van der Waals surface area contributed by atoms with Crippen LogP contribution < -0.4 is 4.90 Å². The Morgan fingerprint density at radius 1 is 1.18 bits per heavy atom. The maximum absolute atomic E-state index is 13.6. The summed E-state index contributed by atoms with van der Waals surface area (Å²) in [6, 6.07) is 7.62. The number of anilines is 1. The Bertz CT molecular complexity index is 868. The van der Waals surface area contributed by atoms with Crippen molar-refractivity contribution in [2.24, 2.45) is 11.8 Å². The molecule has 150 valence electrons. The van der Waals surface area contributed by atoms with Gasteiger partial charge in [-0.25, -0.2) is 9.18 Å². The van der Waals surface area contributed by atoms with Crippen LogP contribution in [0.15, 0.2) is 30.3 Å². The number of carbonyl (C=O) groups is 2. The first kappa shape index (κ1) is 20.5. The first-order valence-electron chi connectivity index (χ1n) is 9.74. The highest BCUT2D eigenvalue weighted by molar-refractivity contribution is 7.18. The lowest BCUT2D eigenvalue weighted by molar-refractivity contribution is -0.123. The van der Waals surface area contributed by atoms with E-state index in [1.807, 2.05) is 13.8 Å². The maximum atomic E-state index is 13.6. The van der Waals surface area contributed by atoms with Gasteiger partial charge in [0.15, 0.2) is 0 Å². The molecule has 1 saturated carbocycles. The summed E-state index contributed by atoms with van der Waals surface area (Å²) < 4.78 is 13.6. The first-order chi connectivity index (χ1) is 13.3. The van der Waals surface area contributed by atoms with Crippen LogP contribution in [0.25, 0.3) is 10.4 Å². The molecule has 0 unspecified atom stereocenters. The second kappa shape index (κ2) is 8.43. The second-order valence-electron chi connectivity index (χ2n) is 7.90. The fraction of sp³-hybridized carbons (Fsp3) is 0.455. The Morgan fingerprint density at radius 2 is 1.86 bits per heavy atom. The third kappa shape index (κ3) is 4.27. The second-order valence-corrected chi connectivity index (χ2v) is 8.95. The molecule has 1 aromatic heterocycles. The molecule has 1 fully saturated rings. The quantitative estimate of drug-likeness (QED) is 0.684. The average Bonchev–Trinajstić information content (AvgIpc) is 3.07. The minimum Gasteiger partial charge on any atom is -0.477 e. The van der Waals surface area contributed by atoms with E-state index in [0.29, 0.717) is 22.0 Å². The third-order valence-corrected chi connectivity index (χ3v) is 6.56. The summed E-state index contributed by atoms with van der Waals surface area (Å²) in [7, 11) is 0. The SMILES string of the molecule is CC1CCC(C(=O)N(c2cc(-c3cccc(F)c3)sc2C(=O)O)C(C)C)CC1. The molecule has 0 bridgehead atoms. The van der Waals surface area contributed by atoms with E-state index in [2.05, 4.69) is 6.92 Å². The third-order valence-electron chi connectivity index (χ3n) is 5.39. The van der Waals surface area contributed by atoms with Crippen molar-refractivity contribution >= 4 is 28.9 Å². The summed E-state index contributed by atoms with van der Waals surface area (Å²) >= 11 is 1.08. The number of halogens is 1. The van der Waals surface area contributed by atoms with Crippen LogP contribution in [0, 0.1) is 17.7 Å². The molecule has 1 aromatic carbocycles. The van der Waals surface area contributed by atoms with Crippen molar-refractivity contribution < 1.29 is 19.1 Å². The van der Waals surface area contributed by atoms with Gasteiger partial charge in [-0.15, -0.1) is 11.3 Å². The number of carbonyl (C=O) groups excluding carboxylic acids is 1. The van der Waals surface area contributed by atoms with Gasteiger partial charge in [-0.05, 0) is 69.2 Å². The topological polar surface area (TPSA) is 57.6 Å². The molecule has 1 aliphatic rings. The summed E-state index contributed by atoms with van der Waals surface area (Å²) in [4.78, 5) is 27.6. The molecule has 1 heterocycles. The Kier molecular flexibility index (Phi) is 6.18. The maximum Gasteiger partial charge on any atom is 0.348 e. The van der Waals surface area contributed by atoms with Crippen LogP contribution in [-0.2, 0) is 4.79 Å². The largest absolute Gasteiger partial charge is 0.477 e. The van der Waals surface area contributed by atoms with Crippen LogP contribution in [0.3, 0.4) is 0 Å². The Balaban J connectivity index is 2.00. The van der Waals surface area contributed by atoms with E-state index in [9.17, 15) is 19.1 Å². The van der Waals surface area contributed by atoms with Gasteiger partial charge in [0.1, 0.15) is 10.7 Å². The highest BCUT2D eigenvalue weighted by Crippen LogP contribution is 2.40. The van der Waals surface area contributed by atoms with E-state index < -0.39 is 5.97 Å². The number of carboxylic acids is 1. The molecule has 1 aliphatic carbocycles. The molecular formula is C22H26FNO3S. The van der Waals surface area contributed by atoms with Gasteiger partial charge in [0.2, 0.25) is 5.91 Å². The van der Waals surface area contributed by atoms with Gasteiger partial charge in [-0.1, -0.05) is 19.1 Å². The van der Waals surface area contributed by atoms with Crippen LogP contribution in [-0.4, -0.2) is 23.0 Å². The van der Waals surface area contributed by atoms with E-state index in [4.69, 9.17) is 0 Å². The van der Waals surface area contributed by atoms with Gasteiger partial charge in [0, 0.05) is 16.8 Å². The number of thiophene rings is 1. The summed E-state index contributed by atoms with van der Waals surface area (Å²) in [5.74, 6) is -0.895. The number of aromatic carboxylic acids is 1. The van der Waals surface area contributed by atoms with Gasteiger partial charge in [0.05, 0.1) is 5.69 Å². The predicted octanol–water partition coefficient (Wildman–Crippen LogP) is 5.82. The Morgan fingerprint density at radius 3 is 2.43 bits per heavy atom. The Labute approximate surface area is 169 Å². The van der Waals surface area contributed by atoms with E-state index >= 15 is 0 Å². The van der Waals surface area contributed by atoms with Gasteiger partial charge >= 0.3 is 5.97 Å². The monoisotopic (exact) mass is 403 g/mol. The van der Waals surface area contributed by atoms with Crippen molar-refractivity contribution in [3.8, 4) is 10.4 Å². The van der Waals surface area contributed by atoms with Crippen molar-refractivity contribution in [1.29, 1.82) is 0 Å². The molecule has 28 heavy (non-hydrogen) atoms. The number of rotatable bonds is 5. The smallest absolute Gasteiger partial charge is 0.348 e. The molecule has 0 saturated heterocycles. The number of hydrogen-bond donors (Lipinski definition) is 1. The van der Waals surface area contributed by atoms with Crippen LogP contribution in [0.2, 0.25) is 0 Å². The predicted molar refractivity (Wildman–Crippen MR) is 110 cm³/mol. The lowest BCUT2D eigenvalue weighted by Gasteiger charge is -2.33. The summed E-state index contributed by atoms with van der Waals surface area (Å²) in [5, 5.41) is 9.74. The zero-order valence-corrected chi connectivity index (χ0v) is 17.3. The standard InChI is InChI=1S/C22H26FNO3S/c1-13(2)24(21(25)15-9-7-14(3)8-10-15)18-12-19(28-20(18)22(26)27)16-5-4-6-17(23)11-16/h4-6,11-15H,7-10H2,1-3H3,(H,26,27). The number of amides is 1. The molecule has 0 aliphatic heterocycles. The van der Waals surface area contributed by atoms with Crippen molar-refractivity contribution in [3.63, 3.8) is 0 Å². The van der Waals surface area contributed by atoms with E-state index in [1.165, 1.54) is 12.1 Å². The van der Waals surface area contributed by atoms with Gasteiger partial charge in [-0.3, -0.25) is 4.79 Å². The van der Waals surface area contributed by atoms with E-state index in [0.717, 1.165) is 37.0 Å². The van der Waals surface area contributed by atoms with Crippen molar-refractivity contribution in [3.05, 3.63) is 41.0 Å². The van der Waals surface area contributed by atoms with Crippen molar-refractivity contribution in [2.75, 3.05) is 4.90 Å². The zero-order chi connectivity index (χ0) is 20.4. The first-order valence-corrected chi connectivity index (χ1v) is 10.6. The van der Waals surface area contributed by atoms with Crippen LogP contribution in [0.1, 0.15) is 56.1 Å². The lowest BCUT2D eigenvalue weighted by Crippen LogP contribution is -2.42. The summed E-state index contributed by atoms with van der Waals surface area (Å²) in [6.45, 7) is 6.00. The number of nitrogens with zero attached hydrogens (tertiary/aromatic N) is 1. The highest BCUT2D eigenvalue weighted by atomic mass is 32.1. The fourth-order valence-corrected chi connectivity index (χ4v) is 4.84. The minimum absolute atomic E-state index is 0.00649. The molecular weight excluding hydrogens is 377 g/mol. The lowest BCUT2D eigenvalue weighted by atomic mass is 9.82. The number of hydrogen-bond acceptors (Lipinski definition) is 3. The molecule has 3 rings (SSSR count). The molecule has 1 N–H and O–H groups in total. The molecule has 4 nitrogen and oxygen atoms in total. The molecule has 0 radical (unpaired) electrons. The molecule has 6 heteroatoms. The fourth-order valence-electron chi connectivity index (χ4n) is 3.85. The number of benzene rings is 1. The van der Waals surface area contributed by atoms with Gasteiger partial charge in [0.25, 0.3) is 0 Å². The number of carboxylic acid groups (broad SMARTS) is 1. The molecule has 1 amide bonds. The van der Waals surface area contributed by atoms with Gasteiger partial charge < -0.3 is 10.0 Å². The normalized spacial score (nSPS) is 19.6.